The van der Waals surface area contributed by atoms with Crippen molar-refractivity contribution in [2.24, 2.45) is 0 Å². The molecule has 1 aromatic carbocycles. The van der Waals surface area contributed by atoms with Gasteiger partial charge in [0.2, 0.25) is 5.95 Å². The van der Waals surface area contributed by atoms with Crippen LogP contribution in [0.4, 0.5) is 5.95 Å². The molecule has 0 unspecified atom stereocenters. The Hall–Kier alpha value is -2.89. The maximum atomic E-state index is 12.0. The lowest BCUT2D eigenvalue weighted by Gasteiger charge is -2.06. The number of nitrogen functional groups attached to an aromatic ring is 1. The van der Waals surface area contributed by atoms with Crippen LogP contribution in [0, 0.1) is 6.92 Å². The Morgan fingerprint density at radius 1 is 1.32 bits per heavy atom. The summed E-state index contributed by atoms with van der Waals surface area (Å²) < 4.78 is 6.61. The minimum absolute atomic E-state index is 0.285. The molecule has 22 heavy (non-hydrogen) atoms. The first kappa shape index (κ1) is 14.1. The number of hydrogen-bond donors (Lipinski definition) is 1. The Bertz CT molecular complexity index is 840. The van der Waals surface area contributed by atoms with E-state index in [1.54, 1.807) is 24.4 Å². The number of rotatable bonds is 3. The van der Waals surface area contributed by atoms with E-state index < -0.39 is 5.97 Å². The predicted octanol–water partition coefficient (Wildman–Crippen LogP) is 2.46. The minimum atomic E-state index is -0.395. The molecule has 0 bridgehead atoms. The third-order valence-electron chi connectivity index (χ3n) is 3.38. The summed E-state index contributed by atoms with van der Waals surface area (Å²) in [6, 6.07) is 11.4. The van der Waals surface area contributed by atoms with Gasteiger partial charge in [-0.25, -0.2) is 9.78 Å². The van der Waals surface area contributed by atoms with Crippen molar-refractivity contribution in [3.8, 4) is 11.3 Å². The average molecular weight is 296 g/mol. The van der Waals surface area contributed by atoms with Crippen molar-refractivity contribution in [2.45, 2.75) is 13.8 Å². The second-order valence-corrected chi connectivity index (χ2v) is 4.85. The first-order valence-electron chi connectivity index (χ1n) is 7.00. The molecular formula is C16H16N4O2. The van der Waals surface area contributed by atoms with Gasteiger partial charge < -0.3 is 10.5 Å². The zero-order chi connectivity index (χ0) is 15.7. The molecule has 0 aliphatic rings. The number of esters is 1. The number of nitrogens with two attached hydrogens (primary N) is 1. The van der Waals surface area contributed by atoms with E-state index in [9.17, 15) is 4.79 Å². The second-order valence-electron chi connectivity index (χ2n) is 4.85. The van der Waals surface area contributed by atoms with Crippen LogP contribution in [0.3, 0.4) is 0 Å². The molecule has 0 amide bonds. The zero-order valence-electron chi connectivity index (χ0n) is 12.4. The molecule has 0 spiro atoms. The van der Waals surface area contributed by atoms with E-state index in [0.717, 1.165) is 5.56 Å². The number of aryl methyl sites for hydroxylation is 1. The normalized spacial score (nSPS) is 10.8. The summed E-state index contributed by atoms with van der Waals surface area (Å²) in [4.78, 5) is 16.4. The Labute approximate surface area is 127 Å². The average Bonchev–Trinajstić information content (AvgIpc) is 2.84. The standard InChI is InChI=1S/C16H16N4O2/c1-3-22-15(21)12-9-13-14(11-7-5-4-6-8-11)18-16(17)20(13)19-10(12)2/h4-9H,3H2,1-2H3,(H2,17,18). The number of ether oxygens (including phenoxy) is 1. The van der Waals surface area contributed by atoms with E-state index in [-0.39, 0.29) is 5.95 Å². The third-order valence-corrected chi connectivity index (χ3v) is 3.38. The Balaban J connectivity index is 2.23. The molecule has 3 aromatic rings. The van der Waals surface area contributed by atoms with Crippen LogP contribution in [0.25, 0.3) is 16.8 Å². The fourth-order valence-electron chi connectivity index (χ4n) is 2.35. The van der Waals surface area contributed by atoms with E-state index in [2.05, 4.69) is 10.1 Å². The lowest BCUT2D eigenvalue weighted by molar-refractivity contribution is 0.0525. The van der Waals surface area contributed by atoms with Gasteiger partial charge in [0.05, 0.1) is 23.4 Å². The van der Waals surface area contributed by atoms with Crippen molar-refractivity contribution >= 4 is 17.4 Å². The summed E-state index contributed by atoms with van der Waals surface area (Å²) in [6.45, 7) is 3.83. The topological polar surface area (TPSA) is 82.5 Å². The third kappa shape index (κ3) is 2.28. The highest BCUT2D eigenvalue weighted by molar-refractivity contribution is 5.93. The lowest BCUT2D eigenvalue weighted by Crippen LogP contribution is -2.10. The van der Waals surface area contributed by atoms with Crippen LogP contribution in [0.2, 0.25) is 0 Å². The largest absolute Gasteiger partial charge is 0.462 e. The molecule has 0 aliphatic carbocycles. The lowest BCUT2D eigenvalue weighted by atomic mass is 10.1. The van der Waals surface area contributed by atoms with Gasteiger partial charge in [-0.15, -0.1) is 0 Å². The van der Waals surface area contributed by atoms with Crippen molar-refractivity contribution in [3.63, 3.8) is 0 Å². The summed E-state index contributed by atoms with van der Waals surface area (Å²) in [6.07, 6.45) is 0. The number of benzene rings is 1. The summed E-state index contributed by atoms with van der Waals surface area (Å²) in [5, 5.41) is 4.35. The molecule has 6 heteroatoms. The van der Waals surface area contributed by atoms with E-state index in [1.807, 2.05) is 30.3 Å². The van der Waals surface area contributed by atoms with Crippen LogP contribution in [0.5, 0.6) is 0 Å². The first-order chi connectivity index (χ1) is 10.6. The number of hydrogen-bond acceptors (Lipinski definition) is 5. The summed E-state index contributed by atoms with van der Waals surface area (Å²) in [5.74, 6) is -0.110. The fraction of sp³-hybridized carbons (Fsp3) is 0.188. The molecule has 0 aliphatic heterocycles. The Morgan fingerprint density at radius 2 is 2.05 bits per heavy atom. The monoisotopic (exact) mass is 296 g/mol. The van der Waals surface area contributed by atoms with Crippen molar-refractivity contribution in [1.29, 1.82) is 0 Å². The van der Waals surface area contributed by atoms with Crippen LogP contribution >= 0.6 is 0 Å². The SMILES string of the molecule is CCOC(=O)c1cc2c(-c3ccccc3)nc(N)n2nc1C. The van der Waals surface area contributed by atoms with Crippen LogP contribution in [0.1, 0.15) is 23.0 Å². The minimum Gasteiger partial charge on any atom is -0.462 e. The van der Waals surface area contributed by atoms with Gasteiger partial charge in [-0.05, 0) is 19.9 Å². The number of carbonyl (C=O) groups excluding carboxylic acids is 1. The van der Waals surface area contributed by atoms with Crippen LogP contribution in [-0.4, -0.2) is 27.2 Å². The number of fused-ring (bicyclic) bond motifs is 1. The summed E-state index contributed by atoms with van der Waals surface area (Å²) in [5.41, 5.74) is 9.20. The van der Waals surface area contributed by atoms with Crippen molar-refractivity contribution < 1.29 is 9.53 Å². The summed E-state index contributed by atoms with van der Waals surface area (Å²) >= 11 is 0. The van der Waals surface area contributed by atoms with Crippen LogP contribution < -0.4 is 5.73 Å². The molecule has 6 nitrogen and oxygen atoms in total. The fourth-order valence-corrected chi connectivity index (χ4v) is 2.35. The van der Waals surface area contributed by atoms with E-state index in [0.29, 0.717) is 29.1 Å². The van der Waals surface area contributed by atoms with Gasteiger partial charge in [0.1, 0.15) is 5.69 Å². The van der Waals surface area contributed by atoms with Gasteiger partial charge >= 0.3 is 5.97 Å². The molecule has 0 saturated carbocycles. The van der Waals surface area contributed by atoms with Crippen molar-refractivity contribution in [2.75, 3.05) is 12.3 Å². The highest BCUT2D eigenvalue weighted by atomic mass is 16.5. The molecule has 0 atom stereocenters. The van der Waals surface area contributed by atoms with Gasteiger partial charge in [0, 0.05) is 5.56 Å². The predicted molar refractivity (Wildman–Crippen MR) is 83.5 cm³/mol. The van der Waals surface area contributed by atoms with E-state index in [1.165, 1.54) is 0 Å². The smallest absolute Gasteiger partial charge is 0.340 e. The highest BCUT2D eigenvalue weighted by Gasteiger charge is 2.18. The van der Waals surface area contributed by atoms with E-state index in [4.69, 9.17) is 10.5 Å². The van der Waals surface area contributed by atoms with Crippen molar-refractivity contribution in [1.82, 2.24) is 14.6 Å². The van der Waals surface area contributed by atoms with Gasteiger partial charge in [0.25, 0.3) is 0 Å². The molecule has 2 aromatic heterocycles. The van der Waals surface area contributed by atoms with E-state index >= 15 is 0 Å². The van der Waals surface area contributed by atoms with Gasteiger partial charge in [-0.1, -0.05) is 30.3 Å². The maximum Gasteiger partial charge on any atom is 0.340 e. The molecule has 112 valence electrons. The van der Waals surface area contributed by atoms with Crippen LogP contribution in [-0.2, 0) is 4.74 Å². The number of anilines is 1. The number of carbonyl (C=O) groups is 1. The summed E-state index contributed by atoms with van der Waals surface area (Å²) in [7, 11) is 0. The Kier molecular flexibility index (Phi) is 3.50. The number of aromatic nitrogens is 3. The van der Waals surface area contributed by atoms with Gasteiger partial charge in [-0.2, -0.15) is 9.61 Å². The molecule has 0 saturated heterocycles. The van der Waals surface area contributed by atoms with Crippen molar-refractivity contribution in [3.05, 3.63) is 47.7 Å². The number of imidazole rings is 1. The second kappa shape index (κ2) is 5.48. The number of nitrogens with zero attached hydrogens (tertiary/aromatic N) is 3. The molecule has 2 N–H and O–H groups in total. The molecule has 0 radical (unpaired) electrons. The maximum absolute atomic E-state index is 12.0. The zero-order valence-corrected chi connectivity index (χ0v) is 12.4. The molecular weight excluding hydrogens is 280 g/mol. The van der Waals surface area contributed by atoms with Crippen LogP contribution in [0.15, 0.2) is 36.4 Å². The first-order valence-corrected chi connectivity index (χ1v) is 7.00. The Morgan fingerprint density at radius 3 is 2.73 bits per heavy atom. The van der Waals surface area contributed by atoms with Gasteiger partial charge in [0.15, 0.2) is 0 Å². The molecule has 0 fully saturated rings. The highest BCUT2D eigenvalue weighted by Crippen LogP contribution is 2.26. The molecule has 3 rings (SSSR count). The van der Waals surface area contributed by atoms with Gasteiger partial charge in [-0.3, -0.25) is 0 Å². The molecule has 2 heterocycles. The quantitative estimate of drug-likeness (QED) is 0.751.